The summed E-state index contributed by atoms with van der Waals surface area (Å²) in [5.74, 6) is -0.379. The first-order chi connectivity index (χ1) is 36.5. The maximum absolute atomic E-state index is 10.5. The van der Waals surface area contributed by atoms with E-state index < -0.39 is 52.9 Å². The van der Waals surface area contributed by atoms with Gasteiger partial charge in [0.15, 0.2) is 23.0 Å². The summed E-state index contributed by atoms with van der Waals surface area (Å²) in [6.45, 7) is 28.6. The molecule has 1 unspecified atom stereocenters. The van der Waals surface area contributed by atoms with Crippen molar-refractivity contribution in [3.8, 4) is 78.6 Å². The van der Waals surface area contributed by atoms with Crippen LogP contribution in [0.5, 0.6) is 5.75 Å². The molecule has 1 spiro atoms. The van der Waals surface area contributed by atoms with Crippen molar-refractivity contribution in [1.29, 1.82) is 0 Å². The Morgan fingerprint density at radius 2 is 1.17 bits per heavy atom. The van der Waals surface area contributed by atoms with Gasteiger partial charge in [-0.15, -0.1) is 9.13 Å². The Labute approximate surface area is 426 Å². The molecule has 9 aromatic rings. The summed E-state index contributed by atoms with van der Waals surface area (Å²) < 4.78 is 89.6. The zero-order valence-corrected chi connectivity index (χ0v) is 42.6. The molecule has 4 heteroatoms. The predicted octanol–water partition coefficient (Wildman–Crippen LogP) is 15.9. The standard InChI is InChI=1S/C66H65N3O/c1-40-33-50(43-27-29-45(30-28-43)62(2,3)4)57(39-49(40)42-23-18-15-19-24-42)68-55-26-20-25-48-51-35-46(63(5,6)7)36-52-56-34-44(41-21-16-14-17-22-41)31-32-67(56)66(58(51)52)69(59(48)55)61(68)53-37-47(64(8,9)10)38-54(60(53)70-66)65(11,12)13/h14-39H,1-13H3/q+2/i14D,16D,17D,21D,22D,31D,32D,34D. The molecule has 0 amide bonds. The van der Waals surface area contributed by atoms with Crippen molar-refractivity contribution < 1.29 is 24.8 Å². The van der Waals surface area contributed by atoms with Crippen molar-refractivity contribution in [3.63, 3.8) is 0 Å². The molecule has 7 aromatic carbocycles. The van der Waals surface area contributed by atoms with Crippen LogP contribution in [0.2, 0.25) is 0 Å². The normalized spacial score (nSPS) is 17.3. The lowest BCUT2D eigenvalue weighted by Crippen LogP contribution is -2.78. The van der Waals surface area contributed by atoms with Gasteiger partial charge in [0.1, 0.15) is 18.2 Å². The highest BCUT2D eigenvalue weighted by molar-refractivity contribution is 5.99. The minimum Gasteiger partial charge on any atom is -0.392 e. The number of aromatic nitrogens is 3. The molecular weight excluding hydrogens is 851 g/mol. The van der Waals surface area contributed by atoms with Gasteiger partial charge in [0.05, 0.1) is 15.2 Å². The van der Waals surface area contributed by atoms with Crippen LogP contribution in [0.3, 0.4) is 0 Å². The van der Waals surface area contributed by atoms with Gasteiger partial charge in [0, 0.05) is 34.3 Å². The molecule has 0 saturated carbocycles. The average molecular weight is 924 g/mol. The van der Waals surface area contributed by atoms with Gasteiger partial charge in [-0.25, -0.2) is 0 Å². The molecule has 0 bridgehead atoms. The lowest BCUT2D eigenvalue weighted by atomic mass is 9.78. The summed E-state index contributed by atoms with van der Waals surface area (Å²) >= 11 is 0. The second-order valence-electron chi connectivity index (χ2n) is 23.8. The van der Waals surface area contributed by atoms with Crippen LogP contribution < -0.4 is 13.9 Å². The van der Waals surface area contributed by atoms with E-state index in [0.717, 1.165) is 83.7 Å². The highest BCUT2D eigenvalue weighted by atomic mass is 16.5. The van der Waals surface area contributed by atoms with Crippen molar-refractivity contribution in [3.05, 3.63) is 191 Å². The van der Waals surface area contributed by atoms with Crippen LogP contribution >= 0.6 is 0 Å². The Morgan fingerprint density at radius 3 is 1.84 bits per heavy atom. The summed E-state index contributed by atoms with van der Waals surface area (Å²) in [5.41, 5.74) is 14.6. The maximum atomic E-state index is 10.5. The number of pyridine rings is 1. The fraction of sp³-hybridized carbons (Fsp3) is 0.273. The highest BCUT2D eigenvalue weighted by Gasteiger charge is 2.69. The van der Waals surface area contributed by atoms with Crippen molar-refractivity contribution in [2.75, 3.05) is 0 Å². The summed E-state index contributed by atoms with van der Waals surface area (Å²) in [6, 6.07) is 35.8. The molecule has 2 aromatic heterocycles. The third-order valence-corrected chi connectivity index (χ3v) is 14.9. The van der Waals surface area contributed by atoms with Crippen LogP contribution in [-0.2, 0) is 27.5 Å². The topological polar surface area (TPSA) is 21.9 Å². The molecule has 12 rings (SSSR count). The number of nitrogens with zero attached hydrogens (tertiary/aromatic N) is 3. The fourth-order valence-electron chi connectivity index (χ4n) is 11.1. The third-order valence-electron chi connectivity index (χ3n) is 14.9. The number of benzene rings is 7. The van der Waals surface area contributed by atoms with Crippen molar-refractivity contribution in [2.45, 2.75) is 118 Å². The molecule has 0 N–H and O–H groups in total. The first-order valence-corrected chi connectivity index (χ1v) is 24.6. The van der Waals surface area contributed by atoms with E-state index in [4.69, 9.17) is 11.6 Å². The van der Waals surface area contributed by atoms with Crippen molar-refractivity contribution in [1.82, 2.24) is 4.57 Å². The van der Waals surface area contributed by atoms with Gasteiger partial charge in [-0.1, -0.05) is 180 Å². The van der Waals surface area contributed by atoms with Crippen molar-refractivity contribution in [2.24, 2.45) is 0 Å². The minimum atomic E-state index is -1.78. The molecule has 348 valence electrons. The second-order valence-corrected chi connectivity index (χ2v) is 23.8. The smallest absolute Gasteiger partial charge is 0.392 e. The van der Waals surface area contributed by atoms with E-state index in [9.17, 15) is 4.11 Å². The molecule has 0 aliphatic carbocycles. The van der Waals surface area contributed by atoms with Gasteiger partial charge in [0.25, 0.3) is 0 Å². The van der Waals surface area contributed by atoms with Crippen LogP contribution in [0.1, 0.15) is 127 Å². The monoisotopic (exact) mass is 924 g/mol. The van der Waals surface area contributed by atoms with Gasteiger partial charge in [-0.2, -0.15) is 4.57 Å². The molecule has 3 aliphatic rings. The third kappa shape index (κ3) is 6.41. The summed E-state index contributed by atoms with van der Waals surface area (Å²) in [6.07, 6.45) is -0.339. The summed E-state index contributed by atoms with van der Waals surface area (Å²) in [7, 11) is 0. The zero-order valence-electron chi connectivity index (χ0n) is 50.6. The predicted molar refractivity (Wildman–Crippen MR) is 289 cm³/mol. The summed E-state index contributed by atoms with van der Waals surface area (Å²) in [5, 5.41) is 0. The number of hydrogen-bond donors (Lipinski definition) is 0. The molecule has 5 heterocycles. The highest BCUT2D eigenvalue weighted by Crippen LogP contribution is 2.57. The number of fused-ring (bicyclic) bond motifs is 5. The Balaban J connectivity index is 1.33. The van der Waals surface area contributed by atoms with Gasteiger partial charge in [-0.05, 0) is 121 Å². The molecule has 0 fully saturated rings. The Kier molecular flexibility index (Phi) is 7.58. The van der Waals surface area contributed by atoms with E-state index in [1.807, 2.05) is 6.07 Å². The average Bonchev–Trinajstić information content (AvgIpc) is 1.74. The molecule has 4 nitrogen and oxygen atoms in total. The number of hydrogen-bond acceptors (Lipinski definition) is 1. The minimum absolute atomic E-state index is 0.0695. The van der Waals surface area contributed by atoms with Crippen LogP contribution in [0.4, 0.5) is 0 Å². The fourth-order valence-corrected chi connectivity index (χ4v) is 11.1. The molecule has 0 radical (unpaired) electrons. The van der Waals surface area contributed by atoms with E-state index in [-0.39, 0.29) is 39.9 Å². The van der Waals surface area contributed by atoms with Crippen molar-refractivity contribution >= 4 is 11.0 Å². The van der Waals surface area contributed by atoms with Crippen LogP contribution in [0.25, 0.3) is 83.9 Å². The number of rotatable bonds is 4. The molecule has 70 heavy (non-hydrogen) atoms. The van der Waals surface area contributed by atoms with Crippen LogP contribution in [-0.4, -0.2) is 4.57 Å². The van der Waals surface area contributed by atoms with Gasteiger partial charge < -0.3 is 4.74 Å². The number of imidazole rings is 1. The van der Waals surface area contributed by atoms with E-state index >= 15 is 0 Å². The Morgan fingerprint density at radius 1 is 0.529 bits per heavy atom. The number of aryl methyl sites for hydroxylation is 1. The van der Waals surface area contributed by atoms with Gasteiger partial charge in [0.2, 0.25) is 5.69 Å². The largest absolute Gasteiger partial charge is 0.499 e. The van der Waals surface area contributed by atoms with E-state index in [1.165, 1.54) is 5.56 Å². The zero-order chi connectivity index (χ0) is 56.0. The first kappa shape index (κ1) is 36.0. The van der Waals surface area contributed by atoms with Crippen LogP contribution in [0, 0.1) is 6.92 Å². The number of para-hydroxylation sites is 1. The van der Waals surface area contributed by atoms with E-state index in [2.05, 4.69) is 202 Å². The Bertz CT molecular complexity index is 4100. The van der Waals surface area contributed by atoms with Gasteiger partial charge in [-0.3, -0.25) is 0 Å². The lowest BCUT2D eigenvalue weighted by molar-refractivity contribution is -0.997. The first-order valence-electron chi connectivity index (χ1n) is 28.6. The second kappa shape index (κ2) is 14.7. The quantitative estimate of drug-likeness (QED) is 0.161. The maximum Gasteiger partial charge on any atom is 0.499 e. The van der Waals surface area contributed by atoms with Gasteiger partial charge >= 0.3 is 11.7 Å². The van der Waals surface area contributed by atoms with E-state index in [0.29, 0.717) is 16.9 Å². The molecule has 1 atom stereocenters. The molecular formula is C66H65N3O+2. The molecule has 3 aliphatic heterocycles. The summed E-state index contributed by atoms with van der Waals surface area (Å²) in [4.78, 5) is 0. The van der Waals surface area contributed by atoms with E-state index in [1.54, 1.807) is 4.57 Å². The number of ether oxygens (including phenoxy) is 1. The molecule has 0 saturated heterocycles. The lowest BCUT2D eigenvalue weighted by Gasteiger charge is -2.36. The van der Waals surface area contributed by atoms with Crippen LogP contribution in [0.15, 0.2) is 158 Å². The Hall–Kier alpha value is -7.04. The SMILES string of the molecule is [2H]c1c([2H])c([2H])c(-c2c([2H])c([2H])[n+]3c(c2[2H])-c2cc(C(C)(C)C)cc4c2C32Oc3c(cc(C(C)(C)C)cc3C(C)(C)C)-c3n(-c5cc(-c6ccccc6)c(C)cc5-c5ccc(C(C)(C)C)cc5)c5cccc-4c5[n+]32)c([2H])c1[2H].